The summed E-state index contributed by atoms with van der Waals surface area (Å²) >= 11 is 0. The number of anilines is 4. The maximum absolute atomic E-state index is 12.7. The number of aliphatic carboxylic acids is 1. The maximum atomic E-state index is 12.7. The Morgan fingerprint density at radius 1 is 0.907 bits per heavy atom. The van der Waals surface area contributed by atoms with Crippen LogP contribution in [0.1, 0.15) is 0 Å². The van der Waals surface area contributed by atoms with Crippen LogP contribution in [0.15, 0.2) is 59.8 Å². The molecule has 0 unspecified atom stereocenters. The second-order valence-electron chi connectivity index (χ2n) is 7.98. The molecule has 0 saturated carbocycles. The summed E-state index contributed by atoms with van der Waals surface area (Å²) in [5.74, 6) is -1.75. The molecule has 4 N–H and O–H groups in total. The van der Waals surface area contributed by atoms with E-state index in [1.54, 1.807) is 31.4 Å². The predicted octanol–water partition coefficient (Wildman–Crippen LogP) is 4.47. The standard InChI is InChI=1S/C22H24F3N5O5S.C2HF3O2/c1-26-36(31,32)17-7-8-19(35-13-22(23,24)25)18(11-17)30-21-12-20(27-14-28-21)29-15-3-5-16(6-4-15)34-10-9-33-2;3-2(4,5)1(6)7/h3-8,11-12,14,26H,9-10,13H2,1-2H3,(H2,27,28,29,30);(H,6,7). The SMILES string of the molecule is CNS(=O)(=O)c1ccc(OCC(F)(F)F)c(Nc2cc(Nc3ccc(OCCOC)cc3)ncn2)c1.O=C(O)C(F)(F)F. The molecule has 1 heterocycles. The van der Waals surface area contributed by atoms with Gasteiger partial charge in [-0.15, -0.1) is 0 Å². The first-order chi connectivity index (χ1) is 20.0. The number of carboxylic acid groups (broad SMARTS) is 1. The molecule has 1 aromatic heterocycles. The van der Waals surface area contributed by atoms with Crippen LogP contribution < -0.4 is 24.8 Å². The van der Waals surface area contributed by atoms with Crippen LogP contribution in [-0.2, 0) is 19.6 Å². The molecule has 0 aliphatic heterocycles. The summed E-state index contributed by atoms with van der Waals surface area (Å²) in [5, 5.41) is 13.0. The number of hydrogen-bond donors (Lipinski definition) is 4. The van der Waals surface area contributed by atoms with Crippen LogP contribution in [0.4, 0.5) is 49.4 Å². The Morgan fingerprint density at radius 3 is 2.05 bits per heavy atom. The van der Waals surface area contributed by atoms with Gasteiger partial charge in [-0.05, 0) is 49.5 Å². The third kappa shape index (κ3) is 12.2. The number of benzene rings is 2. The highest BCUT2D eigenvalue weighted by molar-refractivity contribution is 7.89. The summed E-state index contributed by atoms with van der Waals surface area (Å²) in [7, 11) is -1.06. The number of carboxylic acids is 1. The summed E-state index contributed by atoms with van der Waals surface area (Å²) < 4.78 is 112. The van der Waals surface area contributed by atoms with E-state index in [1.165, 1.54) is 19.4 Å². The van der Waals surface area contributed by atoms with Gasteiger partial charge < -0.3 is 30.0 Å². The lowest BCUT2D eigenvalue weighted by molar-refractivity contribution is -0.192. The quantitative estimate of drug-likeness (QED) is 0.163. The van der Waals surface area contributed by atoms with E-state index in [0.29, 0.717) is 30.5 Å². The molecule has 0 aliphatic rings. The number of alkyl halides is 6. The number of rotatable bonds is 12. The molecule has 0 aliphatic carbocycles. The minimum absolute atomic E-state index is 0.0298. The number of aromatic nitrogens is 2. The van der Waals surface area contributed by atoms with Gasteiger partial charge in [-0.2, -0.15) is 26.3 Å². The molecule has 43 heavy (non-hydrogen) atoms. The van der Waals surface area contributed by atoms with Crippen LogP contribution in [0.2, 0.25) is 0 Å². The summed E-state index contributed by atoms with van der Waals surface area (Å²) in [5.41, 5.74) is 0.660. The molecule has 2 aromatic carbocycles. The van der Waals surface area contributed by atoms with Gasteiger partial charge in [-0.1, -0.05) is 0 Å². The number of hydrogen-bond acceptors (Lipinski definition) is 10. The molecule has 12 nitrogen and oxygen atoms in total. The zero-order valence-corrected chi connectivity index (χ0v) is 23.1. The predicted molar refractivity (Wildman–Crippen MR) is 140 cm³/mol. The van der Waals surface area contributed by atoms with E-state index in [1.807, 2.05) is 0 Å². The molecule has 236 valence electrons. The highest BCUT2D eigenvalue weighted by atomic mass is 32.2. The van der Waals surface area contributed by atoms with E-state index in [0.717, 1.165) is 18.2 Å². The molecule has 3 rings (SSSR count). The molecule has 0 fully saturated rings. The van der Waals surface area contributed by atoms with Crippen molar-refractivity contribution in [3.8, 4) is 11.5 Å². The number of ether oxygens (including phenoxy) is 3. The van der Waals surface area contributed by atoms with E-state index < -0.39 is 35.0 Å². The first-order valence-electron chi connectivity index (χ1n) is 11.7. The van der Waals surface area contributed by atoms with E-state index >= 15 is 0 Å². The fourth-order valence-electron chi connectivity index (χ4n) is 2.83. The van der Waals surface area contributed by atoms with Gasteiger partial charge in [0.15, 0.2) is 6.61 Å². The van der Waals surface area contributed by atoms with Gasteiger partial charge in [0.2, 0.25) is 10.0 Å². The van der Waals surface area contributed by atoms with Crippen LogP contribution in [0, 0.1) is 0 Å². The van der Waals surface area contributed by atoms with Crippen LogP contribution in [-0.4, -0.2) is 75.8 Å². The normalized spacial score (nSPS) is 11.6. The Balaban J connectivity index is 0.000000821. The highest BCUT2D eigenvalue weighted by Gasteiger charge is 2.38. The molecular weight excluding hydrogens is 616 g/mol. The van der Waals surface area contributed by atoms with Gasteiger partial charge >= 0.3 is 18.3 Å². The van der Waals surface area contributed by atoms with E-state index in [2.05, 4.69) is 25.3 Å². The van der Waals surface area contributed by atoms with E-state index in [-0.39, 0.29) is 22.2 Å². The fourth-order valence-corrected chi connectivity index (χ4v) is 3.59. The first-order valence-corrected chi connectivity index (χ1v) is 13.2. The summed E-state index contributed by atoms with van der Waals surface area (Å²) in [6, 6.07) is 12.0. The lowest BCUT2D eigenvalue weighted by atomic mass is 10.3. The molecule has 0 spiro atoms. The summed E-state index contributed by atoms with van der Waals surface area (Å²) in [6.07, 6.45) is -8.43. The lowest BCUT2D eigenvalue weighted by Gasteiger charge is -2.16. The fraction of sp³-hybridized carbons (Fsp3) is 0.292. The zero-order chi connectivity index (χ0) is 32.3. The van der Waals surface area contributed by atoms with Gasteiger partial charge in [0.1, 0.15) is 36.1 Å². The van der Waals surface area contributed by atoms with Gasteiger partial charge in [0, 0.05) is 18.9 Å². The second kappa shape index (κ2) is 15.2. The third-order valence-electron chi connectivity index (χ3n) is 4.78. The van der Waals surface area contributed by atoms with Gasteiger partial charge in [-0.25, -0.2) is 27.9 Å². The zero-order valence-electron chi connectivity index (χ0n) is 22.3. The molecule has 0 radical (unpaired) electrons. The van der Waals surface area contributed by atoms with E-state index in [4.69, 9.17) is 24.1 Å². The van der Waals surface area contributed by atoms with Crippen LogP contribution >= 0.6 is 0 Å². The van der Waals surface area contributed by atoms with Crippen LogP contribution in [0.3, 0.4) is 0 Å². The first kappa shape index (κ1) is 34.8. The van der Waals surface area contributed by atoms with Gasteiger partial charge in [0.05, 0.1) is 17.2 Å². The van der Waals surface area contributed by atoms with Crippen molar-refractivity contribution < 1.29 is 58.9 Å². The maximum Gasteiger partial charge on any atom is 0.490 e. The summed E-state index contributed by atoms with van der Waals surface area (Å²) in [4.78, 5) is 16.9. The summed E-state index contributed by atoms with van der Waals surface area (Å²) in [6.45, 7) is -0.680. The van der Waals surface area contributed by atoms with Crippen molar-refractivity contribution >= 4 is 39.0 Å². The molecule has 0 amide bonds. The van der Waals surface area contributed by atoms with Crippen LogP contribution in [0.25, 0.3) is 0 Å². The van der Waals surface area contributed by atoms with Gasteiger partial charge in [0.25, 0.3) is 0 Å². The molecule has 0 atom stereocenters. The van der Waals surface area contributed by atoms with Crippen molar-refractivity contribution in [2.24, 2.45) is 0 Å². The van der Waals surface area contributed by atoms with Crippen molar-refractivity contribution in [1.82, 2.24) is 14.7 Å². The minimum Gasteiger partial charge on any atom is -0.491 e. The number of methoxy groups -OCH3 is 1. The minimum atomic E-state index is -5.08. The number of halogens is 6. The van der Waals surface area contributed by atoms with Crippen molar-refractivity contribution in [2.75, 3.05) is 44.6 Å². The average Bonchev–Trinajstić information content (AvgIpc) is 2.93. The smallest absolute Gasteiger partial charge is 0.490 e. The largest absolute Gasteiger partial charge is 0.491 e. The third-order valence-corrected chi connectivity index (χ3v) is 6.19. The van der Waals surface area contributed by atoms with Crippen molar-refractivity contribution in [2.45, 2.75) is 17.2 Å². The second-order valence-corrected chi connectivity index (χ2v) is 9.86. The molecule has 3 aromatic rings. The number of sulfonamides is 1. The highest BCUT2D eigenvalue weighted by Crippen LogP contribution is 2.32. The van der Waals surface area contributed by atoms with Crippen molar-refractivity contribution in [1.29, 1.82) is 0 Å². The van der Waals surface area contributed by atoms with Crippen molar-refractivity contribution in [3.05, 3.63) is 54.9 Å². The Morgan fingerprint density at radius 2 is 1.51 bits per heavy atom. The van der Waals surface area contributed by atoms with E-state index in [9.17, 15) is 34.8 Å². The molecular formula is C24H25F6N5O7S. The lowest BCUT2D eigenvalue weighted by Crippen LogP contribution is -2.21. The topological polar surface area (TPSA) is 161 Å². The van der Waals surface area contributed by atoms with Gasteiger partial charge in [-0.3, -0.25) is 0 Å². The number of nitrogens with zero attached hydrogens (tertiary/aromatic N) is 2. The van der Waals surface area contributed by atoms with Crippen molar-refractivity contribution in [3.63, 3.8) is 0 Å². The monoisotopic (exact) mass is 641 g/mol. The Labute approximate surface area is 241 Å². The molecule has 0 saturated heterocycles. The average molecular weight is 642 g/mol. The Bertz CT molecular complexity index is 1460. The Hall–Kier alpha value is -4.36. The Kier molecular flexibility index (Phi) is 12.3. The van der Waals surface area contributed by atoms with Crippen LogP contribution in [0.5, 0.6) is 11.5 Å². The number of nitrogens with one attached hydrogen (secondary N) is 3. The molecule has 19 heteroatoms. The number of carbonyl (C=O) groups is 1. The molecule has 0 bridgehead atoms.